The molecule has 0 aliphatic rings. The Morgan fingerprint density at radius 3 is 2.13 bits per heavy atom. The summed E-state index contributed by atoms with van der Waals surface area (Å²) in [7, 11) is 0. The number of benzene rings is 4. The Bertz CT molecular complexity index is 986. The zero-order chi connectivity index (χ0) is 15.6. The number of fused-ring (bicyclic) bond motifs is 2. The van der Waals surface area contributed by atoms with Gasteiger partial charge in [-0.2, -0.15) is 0 Å². The van der Waals surface area contributed by atoms with Crippen molar-refractivity contribution < 1.29 is 5.11 Å². The number of phenolic OH excluding ortho intramolecular Hbond substituents is 1. The van der Waals surface area contributed by atoms with E-state index >= 15 is 0 Å². The summed E-state index contributed by atoms with van der Waals surface area (Å²) in [6.07, 6.45) is 0. The smallest absolute Gasteiger partial charge is 0.121 e. The Morgan fingerprint density at radius 2 is 1.30 bits per heavy atom. The molecule has 2 nitrogen and oxygen atoms in total. The largest absolute Gasteiger partial charge is 0.508 e. The van der Waals surface area contributed by atoms with Gasteiger partial charge in [0.05, 0.1) is 0 Å². The minimum absolute atomic E-state index is 0.330. The number of rotatable bonds is 3. The first-order valence-corrected chi connectivity index (χ1v) is 7.74. The summed E-state index contributed by atoms with van der Waals surface area (Å²) < 4.78 is 0. The van der Waals surface area contributed by atoms with E-state index < -0.39 is 0 Å². The molecule has 4 rings (SSSR count). The highest BCUT2D eigenvalue weighted by atomic mass is 16.3. The topological polar surface area (TPSA) is 32.3 Å². The molecular weight excluding hydrogens is 282 g/mol. The van der Waals surface area contributed by atoms with Gasteiger partial charge in [-0.25, -0.2) is 0 Å². The van der Waals surface area contributed by atoms with Crippen LogP contribution in [0, 0.1) is 0 Å². The molecule has 112 valence electrons. The van der Waals surface area contributed by atoms with Gasteiger partial charge in [0.2, 0.25) is 0 Å². The van der Waals surface area contributed by atoms with Crippen LogP contribution in [-0.4, -0.2) is 5.11 Å². The summed E-state index contributed by atoms with van der Waals surface area (Å²) in [6.45, 7) is 0.585. The lowest BCUT2D eigenvalue weighted by Gasteiger charge is -2.13. The second-order valence-electron chi connectivity index (χ2n) is 5.66. The van der Waals surface area contributed by atoms with E-state index in [2.05, 4.69) is 41.7 Å². The highest BCUT2D eigenvalue weighted by Crippen LogP contribution is 2.29. The van der Waals surface area contributed by atoms with Crippen LogP contribution in [0.2, 0.25) is 0 Å². The van der Waals surface area contributed by atoms with Gasteiger partial charge in [0, 0.05) is 23.2 Å². The van der Waals surface area contributed by atoms with Gasteiger partial charge in [0.25, 0.3) is 0 Å². The van der Waals surface area contributed by atoms with E-state index in [0.717, 1.165) is 22.0 Å². The van der Waals surface area contributed by atoms with Gasteiger partial charge >= 0.3 is 0 Å². The zero-order valence-electron chi connectivity index (χ0n) is 12.7. The van der Waals surface area contributed by atoms with Crippen LogP contribution >= 0.6 is 0 Å². The maximum absolute atomic E-state index is 10.3. The number of aromatic hydroxyl groups is 1. The van der Waals surface area contributed by atoms with E-state index in [1.54, 1.807) is 6.07 Å². The standard InChI is InChI=1S/C21H17NO/c23-21-13-12-16-7-1-3-9-17(16)19(21)14-22-20-11-5-8-15-6-2-4-10-18(15)20/h1-13,22-23H,14H2. The monoisotopic (exact) mass is 299 g/mol. The molecule has 0 aromatic heterocycles. The number of hydrogen-bond donors (Lipinski definition) is 2. The van der Waals surface area contributed by atoms with Gasteiger partial charge in [0.15, 0.2) is 0 Å². The first-order chi connectivity index (χ1) is 11.3. The Labute approximate surface area is 135 Å². The lowest BCUT2D eigenvalue weighted by molar-refractivity contribution is 0.470. The van der Waals surface area contributed by atoms with Crippen molar-refractivity contribution in [3.8, 4) is 5.75 Å². The van der Waals surface area contributed by atoms with Crippen molar-refractivity contribution in [2.75, 3.05) is 5.32 Å². The zero-order valence-corrected chi connectivity index (χ0v) is 12.7. The van der Waals surface area contributed by atoms with E-state index in [0.29, 0.717) is 12.3 Å². The number of nitrogens with one attached hydrogen (secondary N) is 1. The predicted octanol–water partition coefficient (Wildman–Crippen LogP) is 5.31. The Hall–Kier alpha value is -3.00. The number of phenols is 1. The molecule has 2 heteroatoms. The second kappa shape index (κ2) is 5.65. The Kier molecular flexibility index (Phi) is 3.35. The molecule has 0 spiro atoms. The van der Waals surface area contributed by atoms with Crippen molar-refractivity contribution >= 4 is 27.2 Å². The van der Waals surface area contributed by atoms with E-state index in [4.69, 9.17) is 0 Å². The van der Waals surface area contributed by atoms with Crippen molar-refractivity contribution in [2.24, 2.45) is 0 Å². The van der Waals surface area contributed by atoms with Crippen LogP contribution in [0.25, 0.3) is 21.5 Å². The summed E-state index contributed by atoms with van der Waals surface area (Å²) in [5.74, 6) is 0.330. The minimum Gasteiger partial charge on any atom is -0.508 e. The maximum atomic E-state index is 10.3. The second-order valence-corrected chi connectivity index (χ2v) is 5.66. The summed E-state index contributed by atoms with van der Waals surface area (Å²) in [5, 5.41) is 18.4. The van der Waals surface area contributed by atoms with Crippen molar-refractivity contribution in [1.29, 1.82) is 0 Å². The van der Waals surface area contributed by atoms with Crippen LogP contribution in [0.15, 0.2) is 78.9 Å². The molecule has 0 atom stereocenters. The van der Waals surface area contributed by atoms with Crippen LogP contribution in [-0.2, 0) is 6.54 Å². The quantitative estimate of drug-likeness (QED) is 0.537. The Balaban J connectivity index is 1.73. The minimum atomic E-state index is 0.330. The fourth-order valence-corrected chi connectivity index (χ4v) is 3.07. The first kappa shape index (κ1) is 13.6. The normalized spacial score (nSPS) is 11.0. The molecular formula is C21H17NO. The van der Waals surface area contributed by atoms with E-state index in [1.165, 1.54) is 10.8 Å². The maximum Gasteiger partial charge on any atom is 0.121 e. The van der Waals surface area contributed by atoms with Gasteiger partial charge in [0.1, 0.15) is 5.75 Å². The third-order valence-electron chi connectivity index (χ3n) is 4.26. The molecule has 0 saturated carbocycles. The van der Waals surface area contributed by atoms with Crippen molar-refractivity contribution in [3.63, 3.8) is 0 Å². The van der Waals surface area contributed by atoms with E-state index in [1.807, 2.05) is 36.4 Å². The number of hydrogen-bond acceptors (Lipinski definition) is 2. The molecule has 0 saturated heterocycles. The fraction of sp³-hybridized carbons (Fsp3) is 0.0476. The van der Waals surface area contributed by atoms with Crippen LogP contribution in [0.4, 0.5) is 5.69 Å². The molecule has 0 aliphatic carbocycles. The van der Waals surface area contributed by atoms with Crippen LogP contribution in [0.3, 0.4) is 0 Å². The van der Waals surface area contributed by atoms with E-state index in [-0.39, 0.29) is 0 Å². The van der Waals surface area contributed by atoms with Crippen molar-refractivity contribution in [2.45, 2.75) is 6.54 Å². The average Bonchev–Trinajstić information content (AvgIpc) is 2.61. The third-order valence-corrected chi connectivity index (χ3v) is 4.26. The summed E-state index contributed by atoms with van der Waals surface area (Å²) in [5.41, 5.74) is 2.01. The SMILES string of the molecule is Oc1ccc2ccccc2c1CNc1cccc2ccccc12. The van der Waals surface area contributed by atoms with Crippen molar-refractivity contribution in [1.82, 2.24) is 0 Å². The number of anilines is 1. The molecule has 0 bridgehead atoms. The van der Waals surface area contributed by atoms with Crippen LogP contribution < -0.4 is 5.32 Å². The molecule has 0 unspecified atom stereocenters. The van der Waals surface area contributed by atoms with Gasteiger partial charge in [-0.3, -0.25) is 0 Å². The van der Waals surface area contributed by atoms with Crippen LogP contribution in [0.5, 0.6) is 5.75 Å². The molecule has 0 heterocycles. The summed E-state index contributed by atoms with van der Waals surface area (Å²) >= 11 is 0. The van der Waals surface area contributed by atoms with Crippen molar-refractivity contribution in [3.05, 3.63) is 84.4 Å². The highest BCUT2D eigenvalue weighted by Gasteiger charge is 2.07. The molecule has 0 aliphatic heterocycles. The predicted molar refractivity (Wildman–Crippen MR) is 96.9 cm³/mol. The van der Waals surface area contributed by atoms with E-state index in [9.17, 15) is 5.11 Å². The van der Waals surface area contributed by atoms with Crippen LogP contribution in [0.1, 0.15) is 5.56 Å². The molecule has 0 fully saturated rings. The molecule has 2 N–H and O–H groups in total. The lowest BCUT2D eigenvalue weighted by Crippen LogP contribution is -2.01. The molecule has 4 aromatic carbocycles. The van der Waals surface area contributed by atoms with Gasteiger partial charge < -0.3 is 10.4 Å². The average molecular weight is 299 g/mol. The molecule has 0 amide bonds. The highest BCUT2D eigenvalue weighted by molar-refractivity contribution is 5.94. The first-order valence-electron chi connectivity index (χ1n) is 7.74. The lowest BCUT2D eigenvalue weighted by atomic mass is 10.0. The van der Waals surface area contributed by atoms with Gasteiger partial charge in [-0.1, -0.05) is 66.7 Å². The van der Waals surface area contributed by atoms with Gasteiger partial charge in [-0.15, -0.1) is 0 Å². The molecule has 23 heavy (non-hydrogen) atoms. The third kappa shape index (κ3) is 2.49. The Morgan fingerprint density at radius 1 is 0.652 bits per heavy atom. The summed E-state index contributed by atoms with van der Waals surface area (Å²) in [6, 6.07) is 26.4. The summed E-state index contributed by atoms with van der Waals surface area (Å²) in [4.78, 5) is 0. The molecule has 4 aromatic rings. The van der Waals surface area contributed by atoms with Gasteiger partial charge in [-0.05, 0) is 28.3 Å². The molecule has 0 radical (unpaired) electrons. The fourth-order valence-electron chi connectivity index (χ4n) is 3.07.